The fraction of sp³-hybridized carbons (Fsp3) is 0.484. The molecule has 3 amide bonds. The van der Waals surface area contributed by atoms with Crippen molar-refractivity contribution in [3.63, 3.8) is 0 Å². The average Bonchev–Trinajstić information content (AvgIpc) is 2.97. The van der Waals surface area contributed by atoms with E-state index in [1.165, 1.54) is 12.1 Å². The van der Waals surface area contributed by atoms with Crippen LogP contribution in [-0.4, -0.2) is 68.0 Å². The first kappa shape index (κ1) is 35.2. The quantitative estimate of drug-likeness (QED) is 0.214. The lowest BCUT2D eigenvalue weighted by molar-refractivity contribution is -0.137. The lowest BCUT2D eigenvalue weighted by Crippen LogP contribution is -2.59. The second-order valence-corrected chi connectivity index (χ2v) is 11.5. The smallest absolute Gasteiger partial charge is 0.416 e. The summed E-state index contributed by atoms with van der Waals surface area (Å²) in [6, 6.07) is 8.94. The number of fused-ring (bicyclic) bond motifs is 1. The molecule has 1 aliphatic heterocycles. The first-order chi connectivity index (χ1) is 21.2. The van der Waals surface area contributed by atoms with E-state index in [-0.39, 0.29) is 43.6 Å². The molecule has 2 aromatic carbocycles. The van der Waals surface area contributed by atoms with Gasteiger partial charge in [-0.2, -0.15) is 13.2 Å². The number of carbonyl (C=O) groups is 3. The van der Waals surface area contributed by atoms with Crippen LogP contribution in [0.5, 0.6) is 5.75 Å². The largest absolute Gasteiger partial charge is 0.492 e. The van der Waals surface area contributed by atoms with Crippen molar-refractivity contribution in [3.8, 4) is 5.75 Å². The van der Waals surface area contributed by atoms with Gasteiger partial charge in [0.15, 0.2) is 5.96 Å². The predicted octanol–water partition coefficient (Wildman–Crippen LogP) is 1.49. The molecule has 11 nitrogen and oxygen atoms in total. The molecule has 0 aromatic heterocycles. The fourth-order valence-corrected chi connectivity index (χ4v) is 4.86. The Kier molecular flexibility index (Phi) is 12.6. The number of hydrogen-bond donors (Lipinski definition) is 6. The number of nitrogens with two attached hydrogens (primary N) is 2. The molecule has 45 heavy (non-hydrogen) atoms. The van der Waals surface area contributed by atoms with Gasteiger partial charge >= 0.3 is 6.18 Å². The summed E-state index contributed by atoms with van der Waals surface area (Å²) >= 11 is 0. The van der Waals surface area contributed by atoms with E-state index in [9.17, 15) is 27.6 Å². The van der Waals surface area contributed by atoms with Gasteiger partial charge in [-0.05, 0) is 47.9 Å². The highest BCUT2D eigenvalue weighted by Crippen LogP contribution is 2.30. The molecule has 1 heterocycles. The van der Waals surface area contributed by atoms with E-state index in [1.807, 2.05) is 31.2 Å². The summed E-state index contributed by atoms with van der Waals surface area (Å²) < 4.78 is 46.2. The van der Waals surface area contributed by atoms with Crippen molar-refractivity contribution >= 4 is 23.7 Å². The number of carbonyl (C=O) groups excluding carboxylic acids is 3. The molecule has 0 saturated heterocycles. The molecule has 14 heteroatoms. The van der Waals surface area contributed by atoms with Crippen LogP contribution in [0.2, 0.25) is 0 Å². The molecule has 246 valence electrons. The Bertz CT molecular complexity index is 1350. The molecule has 3 rings (SSSR count). The van der Waals surface area contributed by atoms with Gasteiger partial charge in [-0.1, -0.05) is 57.2 Å². The molecular weight excluding hydrogens is 591 g/mol. The van der Waals surface area contributed by atoms with Crippen LogP contribution in [0.4, 0.5) is 13.2 Å². The summed E-state index contributed by atoms with van der Waals surface area (Å²) in [6.07, 6.45) is -4.07. The van der Waals surface area contributed by atoms with Crippen LogP contribution in [0.1, 0.15) is 37.5 Å². The lowest BCUT2D eigenvalue weighted by atomic mass is 9.99. The molecule has 2 aromatic rings. The molecule has 0 fully saturated rings. The second-order valence-electron chi connectivity index (χ2n) is 11.5. The van der Waals surface area contributed by atoms with E-state index in [0.717, 1.165) is 17.7 Å². The Morgan fingerprint density at radius 2 is 1.73 bits per heavy atom. The Morgan fingerprint density at radius 1 is 1.00 bits per heavy atom. The number of alkyl halides is 3. The van der Waals surface area contributed by atoms with Crippen molar-refractivity contribution < 1.29 is 32.3 Å². The van der Waals surface area contributed by atoms with Crippen LogP contribution < -0.4 is 37.5 Å². The normalized spacial score (nSPS) is 22.5. The zero-order chi connectivity index (χ0) is 33.1. The molecular formula is C31H42F3N7O4. The van der Waals surface area contributed by atoms with Gasteiger partial charge in [-0.15, -0.1) is 0 Å². The highest BCUT2D eigenvalue weighted by atomic mass is 19.4. The van der Waals surface area contributed by atoms with Crippen molar-refractivity contribution in [2.24, 2.45) is 28.3 Å². The number of hydrogen-bond acceptors (Lipinski definition) is 6. The van der Waals surface area contributed by atoms with Gasteiger partial charge in [-0.3, -0.25) is 19.4 Å². The maximum Gasteiger partial charge on any atom is 0.416 e. The molecule has 0 saturated carbocycles. The van der Waals surface area contributed by atoms with Gasteiger partial charge in [0.1, 0.15) is 24.4 Å². The number of ether oxygens (including phenoxy) is 1. The van der Waals surface area contributed by atoms with E-state index >= 15 is 0 Å². The topological polar surface area (TPSA) is 173 Å². The maximum absolute atomic E-state index is 13.6. The third-order valence-corrected chi connectivity index (χ3v) is 7.26. The fourth-order valence-electron chi connectivity index (χ4n) is 4.86. The SMILES string of the molecule is CC1CNC(=O)[C@H](CN=C(N)N)NC(=O)[C@H](C(C)C)NC(=O)[C@H](Cc2cccc(C(F)(F)F)c2)NCCOc2ccccc2C1. The van der Waals surface area contributed by atoms with E-state index in [0.29, 0.717) is 18.7 Å². The van der Waals surface area contributed by atoms with Crippen molar-refractivity contribution in [1.82, 2.24) is 21.3 Å². The molecule has 4 atom stereocenters. The van der Waals surface area contributed by atoms with Crippen molar-refractivity contribution in [3.05, 3.63) is 65.2 Å². The number of benzene rings is 2. The van der Waals surface area contributed by atoms with Gasteiger partial charge in [0, 0.05) is 13.1 Å². The van der Waals surface area contributed by atoms with E-state index in [4.69, 9.17) is 16.2 Å². The number of para-hydroxylation sites is 1. The van der Waals surface area contributed by atoms with Gasteiger partial charge < -0.3 is 37.5 Å². The number of guanidine groups is 1. The van der Waals surface area contributed by atoms with Crippen LogP contribution in [0.25, 0.3) is 0 Å². The Labute approximate surface area is 260 Å². The molecule has 8 N–H and O–H groups in total. The second kappa shape index (κ2) is 16.1. The highest BCUT2D eigenvalue weighted by Gasteiger charge is 2.33. The molecule has 1 unspecified atom stereocenters. The third-order valence-electron chi connectivity index (χ3n) is 7.26. The number of rotatable bonds is 5. The number of amides is 3. The molecule has 0 radical (unpaired) electrons. The van der Waals surface area contributed by atoms with E-state index < -0.39 is 53.5 Å². The molecule has 0 bridgehead atoms. The van der Waals surface area contributed by atoms with Crippen molar-refractivity contribution in [2.75, 3.05) is 26.2 Å². The number of halogens is 3. The Morgan fingerprint density at radius 3 is 2.42 bits per heavy atom. The molecule has 0 aliphatic carbocycles. The van der Waals surface area contributed by atoms with Crippen LogP contribution in [0, 0.1) is 11.8 Å². The monoisotopic (exact) mass is 633 g/mol. The summed E-state index contributed by atoms with van der Waals surface area (Å²) in [5.41, 5.74) is 11.3. The summed E-state index contributed by atoms with van der Waals surface area (Å²) in [6.45, 7) is 5.80. The predicted molar refractivity (Wildman–Crippen MR) is 164 cm³/mol. The molecule has 1 aliphatic rings. The first-order valence-corrected chi connectivity index (χ1v) is 14.8. The van der Waals surface area contributed by atoms with E-state index in [2.05, 4.69) is 26.3 Å². The van der Waals surface area contributed by atoms with Gasteiger partial charge in [0.2, 0.25) is 17.7 Å². The average molecular weight is 634 g/mol. The first-order valence-electron chi connectivity index (χ1n) is 14.8. The summed E-state index contributed by atoms with van der Waals surface area (Å²) in [7, 11) is 0. The maximum atomic E-state index is 13.6. The highest BCUT2D eigenvalue weighted by molar-refractivity contribution is 5.93. The third kappa shape index (κ3) is 11.0. The van der Waals surface area contributed by atoms with Crippen molar-refractivity contribution in [2.45, 2.75) is 57.9 Å². The Balaban J connectivity index is 1.94. The van der Waals surface area contributed by atoms with Gasteiger partial charge in [-0.25, -0.2) is 0 Å². The Hall–Kier alpha value is -4.33. The minimum absolute atomic E-state index is 0.00492. The number of nitrogens with zero attached hydrogens (tertiary/aromatic N) is 1. The van der Waals surface area contributed by atoms with Crippen molar-refractivity contribution in [1.29, 1.82) is 0 Å². The number of aliphatic imine (C=N–C) groups is 1. The zero-order valence-electron chi connectivity index (χ0n) is 25.6. The van der Waals surface area contributed by atoms with Crippen LogP contribution in [-0.2, 0) is 33.4 Å². The summed E-state index contributed by atoms with van der Waals surface area (Å²) in [5.74, 6) is -1.82. The van der Waals surface area contributed by atoms with Crippen LogP contribution in [0.3, 0.4) is 0 Å². The summed E-state index contributed by atoms with van der Waals surface area (Å²) in [4.78, 5) is 44.1. The lowest BCUT2D eigenvalue weighted by Gasteiger charge is -2.27. The van der Waals surface area contributed by atoms with E-state index in [1.54, 1.807) is 13.8 Å². The minimum atomic E-state index is -4.55. The zero-order valence-corrected chi connectivity index (χ0v) is 25.6. The standard InChI is InChI=1S/C31H42F3N7O4/c1-18(2)26-29(44)40-24(17-39-30(35)36)27(42)38-16-19(3)13-21-8-4-5-10-25(21)45-12-11-37-23(28(43)41-26)15-20-7-6-9-22(14-20)31(32,33)34/h4-10,14,18-19,23-24,26,37H,11-13,15-17H2,1-3H3,(H,38,42)(H,40,44)(H,41,43)(H4,35,36,39)/t19?,23-,24-,26-/m0/s1. The number of nitrogens with one attached hydrogen (secondary N) is 4. The molecule has 0 spiro atoms. The minimum Gasteiger partial charge on any atom is -0.492 e. The van der Waals surface area contributed by atoms with Crippen LogP contribution >= 0.6 is 0 Å². The summed E-state index contributed by atoms with van der Waals surface area (Å²) in [5, 5.41) is 11.3. The van der Waals surface area contributed by atoms with Gasteiger partial charge in [0.05, 0.1) is 18.2 Å². The van der Waals surface area contributed by atoms with Crippen LogP contribution in [0.15, 0.2) is 53.5 Å². The van der Waals surface area contributed by atoms with Gasteiger partial charge in [0.25, 0.3) is 0 Å².